The first-order chi connectivity index (χ1) is 13.4. The van der Waals surface area contributed by atoms with Crippen LogP contribution in [0.1, 0.15) is 0 Å². The van der Waals surface area contributed by atoms with E-state index in [0.717, 1.165) is 24.3 Å². The van der Waals surface area contributed by atoms with Crippen molar-refractivity contribution in [3.63, 3.8) is 0 Å². The van der Waals surface area contributed by atoms with Crippen LogP contribution >= 0.6 is 0 Å². The molecule has 0 aliphatic heterocycles. The van der Waals surface area contributed by atoms with E-state index < -0.39 is 50.1 Å². The summed E-state index contributed by atoms with van der Waals surface area (Å²) >= 11 is 0. The number of carbonyl (C=O) groups is 1. The van der Waals surface area contributed by atoms with E-state index in [0.29, 0.717) is 5.69 Å². The van der Waals surface area contributed by atoms with Gasteiger partial charge in [-0.3, -0.25) is 9.78 Å². The lowest BCUT2D eigenvalue weighted by Gasteiger charge is -2.10. The molecule has 29 heavy (non-hydrogen) atoms. The van der Waals surface area contributed by atoms with E-state index in [1.165, 1.54) is 17.1 Å². The maximum atomic E-state index is 12.2. The highest BCUT2D eigenvalue weighted by molar-refractivity contribution is 7.90. The van der Waals surface area contributed by atoms with Gasteiger partial charge in [-0.05, 0) is 36.4 Å². The van der Waals surface area contributed by atoms with E-state index in [4.69, 9.17) is 0 Å². The first-order valence-corrected chi connectivity index (χ1v) is 10.7. The molecule has 0 unspecified atom stereocenters. The molecule has 1 aromatic carbocycles. The van der Waals surface area contributed by atoms with Crippen molar-refractivity contribution in [2.45, 2.75) is 16.0 Å². The molecule has 14 heteroatoms. The standard InChI is InChI=1S/C15H15F3N4O5S2/c16-15(17,18)10-21-29(26,27)13-5-3-12(4-6-13)28(24,25)20-9-14(23)22-11-2-1-7-19-8-11/h1-8,20-21H,9-10H2,(H,22,23). The number of amides is 1. The quantitative estimate of drug-likeness (QED) is 0.543. The van der Waals surface area contributed by atoms with Gasteiger partial charge in [0, 0.05) is 6.20 Å². The normalized spacial score (nSPS) is 12.5. The number of sulfonamides is 2. The van der Waals surface area contributed by atoms with Crippen LogP contribution in [0.3, 0.4) is 0 Å². The molecule has 158 valence electrons. The van der Waals surface area contributed by atoms with Crippen molar-refractivity contribution in [1.29, 1.82) is 0 Å². The number of nitrogens with one attached hydrogen (secondary N) is 3. The van der Waals surface area contributed by atoms with E-state index in [-0.39, 0.29) is 4.90 Å². The van der Waals surface area contributed by atoms with Crippen molar-refractivity contribution in [2.75, 3.05) is 18.4 Å². The molecule has 0 bridgehead atoms. The number of anilines is 1. The summed E-state index contributed by atoms with van der Waals surface area (Å²) in [5.41, 5.74) is 0.359. The van der Waals surface area contributed by atoms with Gasteiger partial charge in [-0.25, -0.2) is 26.3 Å². The number of pyridine rings is 1. The number of halogens is 3. The van der Waals surface area contributed by atoms with E-state index in [2.05, 4.69) is 10.3 Å². The Labute approximate surface area is 164 Å². The zero-order valence-electron chi connectivity index (χ0n) is 14.5. The molecule has 2 rings (SSSR count). The second kappa shape index (κ2) is 8.86. The number of nitrogens with zero attached hydrogens (tertiary/aromatic N) is 1. The second-order valence-electron chi connectivity index (χ2n) is 5.53. The number of hydrogen-bond donors (Lipinski definition) is 3. The smallest absolute Gasteiger partial charge is 0.324 e. The van der Waals surface area contributed by atoms with E-state index >= 15 is 0 Å². The van der Waals surface area contributed by atoms with Gasteiger partial charge in [0.25, 0.3) is 0 Å². The molecule has 1 amide bonds. The summed E-state index contributed by atoms with van der Waals surface area (Å²) in [7, 11) is -8.64. The molecule has 0 aliphatic rings. The van der Waals surface area contributed by atoms with Crippen molar-refractivity contribution >= 4 is 31.6 Å². The first-order valence-electron chi connectivity index (χ1n) is 7.75. The Balaban J connectivity index is 2.01. The summed E-state index contributed by atoms with van der Waals surface area (Å²) in [6.07, 6.45) is -1.89. The van der Waals surface area contributed by atoms with Gasteiger partial charge in [0.05, 0.1) is 28.2 Å². The molecule has 0 saturated carbocycles. The van der Waals surface area contributed by atoms with Gasteiger partial charge in [-0.15, -0.1) is 0 Å². The van der Waals surface area contributed by atoms with Gasteiger partial charge >= 0.3 is 6.18 Å². The van der Waals surface area contributed by atoms with Crippen LogP contribution in [0.2, 0.25) is 0 Å². The average molecular weight is 452 g/mol. The Morgan fingerprint density at radius 2 is 1.48 bits per heavy atom. The van der Waals surface area contributed by atoms with E-state index in [1.807, 2.05) is 4.72 Å². The lowest BCUT2D eigenvalue weighted by atomic mass is 10.4. The predicted molar refractivity (Wildman–Crippen MR) is 95.7 cm³/mol. The predicted octanol–water partition coefficient (Wildman–Crippen LogP) is 0.839. The molecule has 0 radical (unpaired) electrons. The van der Waals surface area contributed by atoms with Gasteiger partial charge in [-0.1, -0.05) is 0 Å². The van der Waals surface area contributed by atoms with Gasteiger partial charge in [0.15, 0.2) is 0 Å². The summed E-state index contributed by atoms with van der Waals surface area (Å²) < 4.78 is 87.8. The summed E-state index contributed by atoms with van der Waals surface area (Å²) in [5.74, 6) is -0.669. The fourth-order valence-corrected chi connectivity index (χ4v) is 3.94. The van der Waals surface area contributed by atoms with Crippen LogP contribution in [-0.4, -0.2) is 47.0 Å². The molecule has 0 fully saturated rings. The number of carbonyl (C=O) groups excluding carboxylic acids is 1. The lowest BCUT2D eigenvalue weighted by molar-refractivity contribution is -0.121. The van der Waals surface area contributed by atoms with Gasteiger partial charge < -0.3 is 5.32 Å². The fourth-order valence-electron chi connectivity index (χ4n) is 1.94. The number of rotatable bonds is 8. The third-order valence-corrected chi connectivity index (χ3v) is 6.11. The van der Waals surface area contributed by atoms with Crippen LogP contribution in [0.5, 0.6) is 0 Å². The molecule has 0 aliphatic carbocycles. The highest BCUT2D eigenvalue weighted by Gasteiger charge is 2.30. The van der Waals surface area contributed by atoms with Gasteiger partial charge in [0.1, 0.15) is 6.54 Å². The zero-order valence-corrected chi connectivity index (χ0v) is 16.1. The van der Waals surface area contributed by atoms with Crippen molar-refractivity contribution in [3.05, 3.63) is 48.8 Å². The molecule has 0 spiro atoms. The molecule has 0 saturated heterocycles. The second-order valence-corrected chi connectivity index (χ2v) is 9.06. The summed E-state index contributed by atoms with van der Waals surface area (Å²) in [5, 5.41) is 2.41. The highest BCUT2D eigenvalue weighted by Crippen LogP contribution is 2.17. The third kappa shape index (κ3) is 7.08. The Hall–Kier alpha value is -2.55. The molecule has 3 N–H and O–H groups in total. The van der Waals surface area contributed by atoms with Gasteiger partial charge in [-0.2, -0.15) is 13.2 Å². The topological polar surface area (TPSA) is 134 Å². The Morgan fingerprint density at radius 3 is 1.97 bits per heavy atom. The number of hydrogen-bond acceptors (Lipinski definition) is 6. The lowest BCUT2D eigenvalue weighted by Crippen LogP contribution is -2.34. The Morgan fingerprint density at radius 1 is 0.931 bits per heavy atom. The Kier molecular flexibility index (Phi) is 6.94. The highest BCUT2D eigenvalue weighted by atomic mass is 32.2. The molecule has 1 heterocycles. The molecule has 2 aromatic rings. The van der Waals surface area contributed by atoms with Crippen LogP contribution < -0.4 is 14.8 Å². The number of benzene rings is 1. The number of alkyl halides is 3. The fraction of sp³-hybridized carbons (Fsp3) is 0.200. The maximum absolute atomic E-state index is 12.2. The summed E-state index contributed by atoms with van der Waals surface area (Å²) in [4.78, 5) is 14.6. The molecular weight excluding hydrogens is 437 g/mol. The van der Waals surface area contributed by atoms with Crippen molar-refractivity contribution in [2.24, 2.45) is 0 Å². The van der Waals surface area contributed by atoms with Crippen LogP contribution in [0.15, 0.2) is 58.6 Å². The largest absolute Gasteiger partial charge is 0.402 e. The minimum absolute atomic E-state index is 0.359. The minimum Gasteiger partial charge on any atom is -0.324 e. The Bertz CT molecular complexity index is 1060. The molecule has 9 nitrogen and oxygen atoms in total. The first kappa shape index (κ1) is 22.7. The van der Waals surface area contributed by atoms with Crippen LogP contribution in [0, 0.1) is 0 Å². The SMILES string of the molecule is O=C(CNS(=O)(=O)c1ccc(S(=O)(=O)NCC(F)(F)F)cc1)Nc1cccnc1. The van der Waals surface area contributed by atoms with Crippen molar-refractivity contribution in [1.82, 2.24) is 14.4 Å². The van der Waals surface area contributed by atoms with Crippen LogP contribution in [0.4, 0.5) is 18.9 Å². The zero-order chi connectivity index (χ0) is 21.7. The van der Waals surface area contributed by atoms with Gasteiger partial charge in [0.2, 0.25) is 26.0 Å². The van der Waals surface area contributed by atoms with Crippen molar-refractivity contribution in [3.8, 4) is 0 Å². The van der Waals surface area contributed by atoms with Crippen LogP contribution in [0.25, 0.3) is 0 Å². The van der Waals surface area contributed by atoms with Crippen molar-refractivity contribution < 1.29 is 34.8 Å². The van der Waals surface area contributed by atoms with Crippen LogP contribution in [-0.2, 0) is 24.8 Å². The molecule has 1 aromatic heterocycles. The molecule has 0 atom stereocenters. The maximum Gasteiger partial charge on any atom is 0.402 e. The van der Waals surface area contributed by atoms with E-state index in [9.17, 15) is 34.8 Å². The van der Waals surface area contributed by atoms with E-state index in [1.54, 1.807) is 12.1 Å². The monoisotopic (exact) mass is 452 g/mol. The third-order valence-electron chi connectivity index (χ3n) is 3.28. The molecular formula is C15H15F3N4O5S2. The minimum atomic E-state index is -4.74. The summed E-state index contributed by atoms with van der Waals surface area (Å²) in [6, 6.07) is 6.57. The number of aromatic nitrogens is 1. The average Bonchev–Trinajstić information content (AvgIpc) is 2.65. The summed E-state index contributed by atoms with van der Waals surface area (Å²) in [6.45, 7) is -2.37.